The highest BCUT2D eigenvalue weighted by atomic mass is 16.7. The van der Waals surface area contributed by atoms with Gasteiger partial charge in [-0.25, -0.2) is 14.5 Å². The number of hydrogen-bond donors (Lipinski definition) is 0. The summed E-state index contributed by atoms with van der Waals surface area (Å²) in [5, 5.41) is 0. The van der Waals surface area contributed by atoms with Crippen molar-refractivity contribution >= 4 is 18.2 Å². The van der Waals surface area contributed by atoms with Gasteiger partial charge in [0.1, 0.15) is 11.2 Å². The predicted molar refractivity (Wildman–Crippen MR) is 87.4 cm³/mol. The molecule has 24 heavy (non-hydrogen) atoms. The first kappa shape index (κ1) is 20.3. The van der Waals surface area contributed by atoms with Crippen LogP contribution in [0, 0.1) is 5.92 Å². The summed E-state index contributed by atoms with van der Waals surface area (Å²) in [7, 11) is 0. The van der Waals surface area contributed by atoms with Crippen molar-refractivity contribution in [2.45, 2.75) is 85.2 Å². The van der Waals surface area contributed by atoms with Crippen LogP contribution in [-0.2, 0) is 19.0 Å². The van der Waals surface area contributed by atoms with Gasteiger partial charge in [-0.05, 0) is 53.9 Å². The lowest BCUT2D eigenvalue weighted by Gasteiger charge is -2.45. The fourth-order valence-electron chi connectivity index (χ4n) is 2.27. The highest BCUT2D eigenvalue weighted by Crippen LogP contribution is 2.31. The number of nitrogens with zero attached hydrogens (tertiary/aromatic N) is 1. The first-order valence-electron chi connectivity index (χ1n) is 8.17. The third-order valence-electron chi connectivity index (χ3n) is 3.08. The van der Waals surface area contributed by atoms with E-state index in [2.05, 4.69) is 0 Å². The number of carbonyl (C=O) groups excluding carboxylic acids is 3. The maximum absolute atomic E-state index is 12.3. The molecule has 0 radical (unpaired) electrons. The molecule has 7 nitrogen and oxygen atoms in total. The van der Waals surface area contributed by atoms with E-state index in [9.17, 15) is 14.4 Å². The molecule has 0 aromatic carbocycles. The second-order valence-corrected chi connectivity index (χ2v) is 8.39. The van der Waals surface area contributed by atoms with E-state index in [0.717, 1.165) is 4.90 Å². The molecule has 1 fully saturated rings. The summed E-state index contributed by atoms with van der Waals surface area (Å²) in [6, 6.07) is -0.542. The van der Waals surface area contributed by atoms with Crippen LogP contribution in [0.5, 0.6) is 0 Å². The summed E-state index contributed by atoms with van der Waals surface area (Å²) in [5.41, 5.74) is -1.43. The molecular weight excluding hydrogens is 314 g/mol. The van der Waals surface area contributed by atoms with Crippen LogP contribution < -0.4 is 0 Å². The fourth-order valence-corrected chi connectivity index (χ4v) is 2.27. The van der Waals surface area contributed by atoms with Crippen molar-refractivity contribution in [1.29, 1.82) is 0 Å². The van der Waals surface area contributed by atoms with Gasteiger partial charge in [0, 0.05) is 0 Å². The lowest BCUT2D eigenvalue weighted by atomic mass is 9.90. The third-order valence-corrected chi connectivity index (χ3v) is 3.08. The van der Waals surface area contributed by atoms with Crippen LogP contribution in [0.15, 0.2) is 0 Å². The van der Waals surface area contributed by atoms with E-state index in [1.807, 2.05) is 13.8 Å². The average molecular weight is 343 g/mol. The van der Waals surface area contributed by atoms with E-state index in [1.165, 1.54) is 0 Å². The number of amides is 2. The number of carbonyl (C=O) groups is 3. The molecule has 1 aliphatic heterocycles. The van der Waals surface area contributed by atoms with Gasteiger partial charge in [-0.3, -0.25) is 4.79 Å². The molecule has 0 spiro atoms. The number of β-lactam (4-membered cyclic amide) rings is 1. The van der Waals surface area contributed by atoms with Crippen molar-refractivity contribution < 1.29 is 28.6 Å². The number of likely N-dealkylation sites (tertiary alicyclic amines) is 1. The lowest BCUT2D eigenvalue weighted by Crippen LogP contribution is -2.68. The van der Waals surface area contributed by atoms with Crippen molar-refractivity contribution in [3.8, 4) is 0 Å². The van der Waals surface area contributed by atoms with Gasteiger partial charge in [0.2, 0.25) is 6.10 Å². The Morgan fingerprint density at radius 3 is 1.96 bits per heavy atom. The van der Waals surface area contributed by atoms with Crippen LogP contribution in [0.2, 0.25) is 0 Å². The lowest BCUT2D eigenvalue weighted by molar-refractivity contribution is -0.169. The summed E-state index contributed by atoms with van der Waals surface area (Å²) in [6.45, 7) is 14.2. The Morgan fingerprint density at radius 2 is 1.54 bits per heavy atom. The topological polar surface area (TPSA) is 82.1 Å². The molecule has 138 valence electrons. The molecule has 0 aromatic rings. The van der Waals surface area contributed by atoms with Crippen LogP contribution in [0.25, 0.3) is 0 Å². The number of hydrogen-bond acceptors (Lipinski definition) is 6. The Balaban J connectivity index is 2.82. The van der Waals surface area contributed by atoms with E-state index in [1.54, 1.807) is 41.5 Å². The molecule has 7 heteroatoms. The van der Waals surface area contributed by atoms with E-state index in [0.29, 0.717) is 6.42 Å². The molecule has 1 saturated heterocycles. The highest BCUT2D eigenvalue weighted by molar-refractivity contribution is 6.01. The number of ether oxygens (including phenoxy) is 3. The van der Waals surface area contributed by atoms with E-state index < -0.39 is 41.5 Å². The zero-order valence-electron chi connectivity index (χ0n) is 15.8. The molecule has 0 unspecified atom stereocenters. The van der Waals surface area contributed by atoms with Crippen molar-refractivity contribution in [3.05, 3.63) is 0 Å². The van der Waals surface area contributed by atoms with Crippen molar-refractivity contribution in [1.82, 2.24) is 4.90 Å². The molecule has 0 bridgehead atoms. The zero-order chi connectivity index (χ0) is 18.9. The maximum atomic E-state index is 12.3. The van der Waals surface area contributed by atoms with E-state index in [-0.39, 0.29) is 5.92 Å². The molecule has 0 N–H and O–H groups in total. The summed E-state index contributed by atoms with van der Waals surface area (Å²) < 4.78 is 15.5. The number of imide groups is 1. The molecule has 2 atom stereocenters. The van der Waals surface area contributed by atoms with Crippen LogP contribution >= 0.6 is 0 Å². The van der Waals surface area contributed by atoms with E-state index >= 15 is 0 Å². The Kier molecular flexibility index (Phi) is 5.90. The second kappa shape index (κ2) is 6.99. The third kappa shape index (κ3) is 5.69. The number of rotatable bonds is 3. The zero-order valence-corrected chi connectivity index (χ0v) is 15.8. The predicted octanol–water partition coefficient (Wildman–Crippen LogP) is 3.50. The van der Waals surface area contributed by atoms with Gasteiger partial charge in [-0.2, -0.15) is 0 Å². The maximum Gasteiger partial charge on any atom is 0.509 e. The van der Waals surface area contributed by atoms with Gasteiger partial charge in [0.15, 0.2) is 0 Å². The Bertz CT molecular complexity index is 500. The van der Waals surface area contributed by atoms with Gasteiger partial charge >= 0.3 is 12.2 Å². The Labute approximate surface area is 143 Å². The van der Waals surface area contributed by atoms with Gasteiger partial charge in [-0.15, -0.1) is 0 Å². The first-order valence-corrected chi connectivity index (χ1v) is 8.17. The van der Waals surface area contributed by atoms with Gasteiger partial charge in [0.05, 0.1) is 6.04 Å². The molecule has 1 aliphatic rings. The monoisotopic (exact) mass is 343 g/mol. The van der Waals surface area contributed by atoms with Crippen molar-refractivity contribution in [3.63, 3.8) is 0 Å². The van der Waals surface area contributed by atoms with E-state index in [4.69, 9.17) is 14.2 Å². The summed E-state index contributed by atoms with van der Waals surface area (Å²) in [4.78, 5) is 37.3. The van der Waals surface area contributed by atoms with Gasteiger partial charge < -0.3 is 14.2 Å². The largest absolute Gasteiger partial charge is 0.509 e. The minimum Gasteiger partial charge on any atom is -0.443 e. The Hall–Kier alpha value is -1.79. The molecule has 2 amide bonds. The minimum atomic E-state index is -1.02. The molecule has 1 heterocycles. The van der Waals surface area contributed by atoms with Gasteiger partial charge in [-0.1, -0.05) is 13.8 Å². The fraction of sp³-hybridized carbons (Fsp3) is 0.824. The van der Waals surface area contributed by atoms with Gasteiger partial charge in [0.25, 0.3) is 5.91 Å². The highest BCUT2D eigenvalue weighted by Gasteiger charge is 2.55. The quantitative estimate of drug-likeness (QED) is 0.576. The molecule has 0 aromatic heterocycles. The summed E-state index contributed by atoms with van der Waals surface area (Å²) in [6.07, 6.45) is -2.14. The molecule has 0 aliphatic carbocycles. The van der Waals surface area contributed by atoms with Crippen molar-refractivity contribution in [2.75, 3.05) is 0 Å². The molecule has 1 rings (SSSR count). The van der Waals surface area contributed by atoms with Crippen LogP contribution in [0.1, 0.15) is 61.8 Å². The van der Waals surface area contributed by atoms with Crippen LogP contribution in [-0.4, -0.2) is 46.4 Å². The normalized spacial score (nSPS) is 21.4. The van der Waals surface area contributed by atoms with Crippen molar-refractivity contribution in [2.24, 2.45) is 5.92 Å². The molecule has 0 saturated carbocycles. The first-order chi connectivity index (χ1) is 10.7. The average Bonchev–Trinajstić information content (AvgIpc) is 2.30. The standard InChI is InChI=1S/C17H29NO6/c1-10(2)9-11-12(22-15(21)24-17(6,7)8)13(19)18(11)14(20)23-16(3,4)5/h10-12H,9H2,1-8H3/t11-,12+/m0/s1. The minimum absolute atomic E-state index is 0.206. The SMILES string of the molecule is CC(C)C[C@H]1[C@@H](OC(=O)OC(C)(C)C)C(=O)N1C(=O)OC(C)(C)C. The summed E-state index contributed by atoms with van der Waals surface area (Å²) >= 11 is 0. The van der Waals surface area contributed by atoms with Crippen LogP contribution in [0.4, 0.5) is 9.59 Å². The molecular formula is C17H29NO6. The second-order valence-electron chi connectivity index (χ2n) is 8.39. The summed E-state index contributed by atoms with van der Waals surface area (Å²) in [5.74, 6) is -0.376. The Morgan fingerprint density at radius 1 is 1.04 bits per heavy atom. The smallest absolute Gasteiger partial charge is 0.443 e. The van der Waals surface area contributed by atoms with Crippen LogP contribution in [0.3, 0.4) is 0 Å².